The molecule has 2 aliphatic rings. The Kier molecular flexibility index (Phi) is 5.02. The molecule has 2 N–H and O–H groups in total. The lowest BCUT2D eigenvalue weighted by atomic mass is 9.81. The smallest absolute Gasteiger partial charge is 0.311 e. The Hall–Kier alpha value is -2.18. The lowest BCUT2D eigenvalue weighted by Crippen LogP contribution is -2.40. The summed E-state index contributed by atoms with van der Waals surface area (Å²) in [5, 5.41) is 14.9. The molecular weight excluding hydrogens is 360 g/mol. The Morgan fingerprint density at radius 2 is 2.07 bits per heavy atom. The third-order valence-electron chi connectivity index (χ3n) is 6.00. The fourth-order valence-electron chi connectivity index (χ4n) is 4.69. The molecule has 1 unspecified atom stereocenters. The van der Waals surface area contributed by atoms with Gasteiger partial charge in [-0.05, 0) is 35.8 Å². The van der Waals surface area contributed by atoms with Crippen LogP contribution in [0.5, 0.6) is 0 Å². The summed E-state index contributed by atoms with van der Waals surface area (Å²) in [6.45, 7) is 1.43. The average Bonchev–Trinajstić information content (AvgIpc) is 3.36. The summed E-state index contributed by atoms with van der Waals surface area (Å²) < 4.78 is 0. The molecule has 4 rings (SSSR count). The fourth-order valence-corrected chi connectivity index (χ4v) is 5.50. The maximum absolute atomic E-state index is 12.8. The van der Waals surface area contributed by atoms with Crippen LogP contribution >= 0.6 is 11.3 Å². The average molecular weight is 385 g/mol. The van der Waals surface area contributed by atoms with Gasteiger partial charge in [-0.2, -0.15) is 0 Å². The van der Waals surface area contributed by atoms with Crippen LogP contribution in [0.15, 0.2) is 47.8 Å². The minimum atomic E-state index is -0.700. The highest BCUT2D eigenvalue weighted by Crippen LogP contribution is 2.48. The molecule has 0 spiro atoms. The van der Waals surface area contributed by atoms with Crippen molar-refractivity contribution in [1.29, 1.82) is 0 Å². The Morgan fingerprint density at radius 3 is 2.74 bits per heavy atom. The monoisotopic (exact) mass is 384 g/mol. The molecule has 27 heavy (non-hydrogen) atoms. The predicted octanol–water partition coefficient (Wildman–Crippen LogP) is 3.14. The van der Waals surface area contributed by atoms with Crippen molar-refractivity contribution in [3.05, 3.63) is 58.3 Å². The van der Waals surface area contributed by atoms with E-state index in [4.69, 9.17) is 0 Å². The topological polar surface area (TPSA) is 69.6 Å². The number of carboxylic acids is 1. The number of carboxylic acid groups (broad SMARTS) is 1. The molecule has 2 heterocycles. The van der Waals surface area contributed by atoms with Gasteiger partial charge in [0.05, 0.1) is 18.0 Å². The molecule has 6 heteroatoms. The van der Waals surface area contributed by atoms with E-state index < -0.39 is 11.4 Å². The number of likely N-dealkylation sites (tertiary alicyclic amines) is 1. The van der Waals surface area contributed by atoms with E-state index in [1.165, 1.54) is 0 Å². The van der Waals surface area contributed by atoms with Crippen molar-refractivity contribution in [2.75, 3.05) is 19.6 Å². The van der Waals surface area contributed by atoms with Crippen LogP contribution in [-0.4, -0.2) is 41.5 Å². The molecule has 1 aliphatic heterocycles. The van der Waals surface area contributed by atoms with Crippen LogP contribution in [0, 0.1) is 11.3 Å². The Balaban J connectivity index is 1.45. The number of fused-ring (bicyclic) bond motifs is 1. The largest absolute Gasteiger partial charge is 0.481 e. The van der Waals surface area contributed by atoms with Crippen molar-refractivity contribution in [2.24, 2.45) is 11.3 Å². The van der Waals surface area contributed by atoms with Gasteiger partial charge in [0.25, 0.3) is 0 Å². The van der Waals surface area contributed by atoms with Crippen LogP contribution in [0.2, 0.25) is 0 Å². The molecule has 2 aromatic rings. The van der Waals surface area contributed by atoms with Crippen LogP contribution < -0.4 is 5.32 Å². The molecule has 1 saturated carbocycles. The maximum Gasteiger partial charge on any atom is 0.311 e. The second-order valence-electron chi connectivity index (χ2n) is 7.65. The Morgan fingerprint density at radius 1 is 1.26 bits per heavy atom. The molecule has 1 aliphatic carbocycles. The van der Waals surface area contributed by atoms with Gasteiger partial charge in [0, 0.05) is 18.0 Å². The number of carbonyl (C=O) groups excluding carboxylic acids is 1. The number of hydrogen-bond donors (Lipinski definition) is 2. The van der Waals surface area contributed by atoms with Gasteiger partial charge in [-0.15, -0.1) is 11.3 Å². The molecule has 1 amide bonds. The minimum absolute atomic E-state index is 0.0576. The molecule has 3 atom stereocenters. The van der Waals surface area contributed by atoms with Crippen LogP contribution in [0.3, 0.4) is 0 Å². The zero-order valence-electron chi connectivity index (χ0n) is 15.1. The molecule has 2 fully saturated rings. The van der Waals surface area contributed by atoms with Gasteiger partial charge in [-0.1, -0.05) is 42.8 Å². The fraction of sp³-hybridized carbons (Fsp3) is 0.429. The zero-order valence-corrected chi connectivity index (χ0v) is 16.0. The van der Waals surface area contributed by atoms with Gasteiger partial charge in [0.2, 0.25) is 5.91 Å². The third kappa shape index (κ3) is 3.51. The minimum Gasteiger partial charge on any atom is -0.481 e. The summed E-state index contributed by atoms with van der Waals surface area (Å²) in [4.78, 5) is 27.7. The van der Waals surface area contributed by atoms with Crippen molar-refractivity contribution >= 4 is 23.2 Å². The van der Waals surface area contributed by atoms with E-state index in [0.29, 0.717) is 13.1 Å². The molecular formula is C21H24N2O3S. The molecule has 1 saturated heterocycles. The Bertz CT molecular complexity index is 808. The number of amides is 1. The molecule has 5 nitrogen and oxygen atoms in total. The standard InChI is InChI=1S/C21H24N2O3S/c24-18(13-23-12-16-8-4-10-21(16,14-23)20(25)26)22-19(17-9-5-11-27-17)15-6-2-1-3-7-15/h1-3,5-7,9,11,16,19H,4,8,10,12-14H2,(H,22,24)(H,25,26)/t16-,19?,21+/m0/s1. The van der Waals surface area contributed by atoms with Gasteiger partial charge in [-0.3, -0.25) is 14.5 Å². The first-order valence-corrected chi connectivity index (χ1v) is 10.3. The molecule has 1 aromatic heterocycles. The van der Waals surface area contributed by atoms with E-state index >= 15 is 0 Å². The van der Waals surface area contributed by atoms with E-state index in [-0.39, 0.29) is 24.4 Å². The van der Waals surface area contributed by atoms with Crippen molar-refractivity contribution < 1.29 is 14.7 Å². The van der Waals surface area contributed by atoms with Crippen LogP contribution in [-0.2, 0) is 9.59 Å². The first-order valence-electron chi connectivity index (χ1n) is 9.42. The lowest BCUT2D eigenvalue weighted by Gasteiger charge is -2.24. The van der Waals surface area contributed by atoms with Crippen molar-refractivity contribution in [1.82, 2.24) is 10.2 Å². The zero-order chi connectivity index (χ0) is 18.9. The van der Waals surface area contributed by atoms with Crippen LogP contribution in [0.1, 0.15) is 35.7 Å². The molecule has 0 bridgehead atoms. The van der Waals surface area contributed by atoms with E-state index in [9.17, 15) is 14.7 Å². The number of carbonyl (C=O) groups is 2. The van der Waals surface area contributed by atoms with Crippen molar-refractivity contribution in [3.8, 4) is 0 Å². The number of nitrogens with one attached hydrogen (secondary N) is 1. The number of hydrogen-bond acceptors (Lipinski definition) is 4. The van der Waals surface area contributed by atoms with Gasteiger partial charge < -0.3 is 10.4 Å². The molecule has 1 aromatic carbocycles. The van der Waals surface area contributed by atoms with Gasteiger partial charge in [0.1, 0.15) is 0 Å². The highest BCUT2D eigenvalue weighted by molar-refractivity contribution is 7.10. The molecule has 0 radical (unpaired) electrons. The van der Waals surface area contributed by atoms with Gasteiger partial charge in [-0.25, -0.2) is 0 Å². The quantitative estimate of drug-likeness (QED) is 0.803. The summed E-state index contributed by atoms with van der Waals surface area (Å²) in [6, 6.07) is 13.8. The highest BCUT2D eigenvalue weighted by atomic mass is 32.1. The van der Waals surface area contributed by atoms with Crippen molar-refractivity contribution in [3.63, 3.8) is 0 Å². The highest BCUT2D eigenvalue weighted by Gasteiger charge is 2.54. The van der Waals surface area contributed by atoms with Gasteiger partial charge in [0.15, 0.2) is 0 Å². The summed E-state index contributed by atoms with van der Waals surface area (Å²) in [5.41, 5.74) is 0.404. The van der Waals surface area contributed by atoms with E-state index in [0.717, 1.165) is 29.7 Å². The SMILES string of the molecule is O=C(CN1C[C@@H]2CCC[C@@]2(C(=O)O)C1)NC(c1ccccc1)c1cccs1. The Labute approximate surface area is 163 Å². The number of thiophene rings is 1. The second-order valence-corrected chi connectivity index (χ2v) is 8.63. The normalized spacial score (nSPS) is 25.9. The van der Waals surface area contributed by atoms with Crippen LogP contribution in [0.4, 0.5) is 0 Å². The first-order chi connectivity index (χ1) is 13.1. The number of rotatable bonds is 6. The van der Waals surface area contributed by atoms with E-state index in [1.54, 1.807) is 11.3 Å². The molecule has 142 valence electrons. The summed E-state index contributed by atoms with van der Waals surface area (Å²) in [7, 11) is 0. The number of nitrogens with zero attached hydrogens (tertiary/aromatic N) is 1. The first kappa shape index (κ1) is 18.2. The van der Waals surface area contributed by atoms with E-state index in [1.807, 2.05) is 52.7 Å². The second kappa shape index (κ2) is 7.44. The third-order valence-corrected chi connectivity index (χ3v) is 6.94. The predicted molar refractivity (Wildman–Crippen MR) is 105 cm³/mol. The van der Waals surface area contributed by atoms with Gasteiger partial charge >= 0.3 is 5.97 Å². The lowest BCUT2D eigenvalue weighted by molar-refractivity contribution is -0.149. The van der Waals surface area contributed by atoms with E-state index in [2.05, 4.69) is 5.32 Å². The summed E-state index contributed by atoms with van der Waals surface area (Å²) in [5.74, 6) is -0.587. The summed E-state index contributed by atoms with van der Waals surface area (Å²) >= 11 is 1.62. The van der Waals surface area contributed by atoms with Crippen LogP contribution in [0.25, 0.3) is 0 Å². The maximum atomic E-state index is 12.8. The summed E-state index contributed by atoms with van der Waals surface area (Å²) in [6.07, 6.45) is 2.66. The number of benzene rings is 1. The number of aliphatic carboxylic acids is 1. The van der Waals surface area contributed by atoms with Crippen molar-refractivity contribution in [2.45, 2.75) is 25.3 Å².